The normalized spacial score (nSPS) is 13.6. The van der Waals surface area contributed by atoms with Gasteiger partial charge in [0, 0.05) is 22.9 Å². The molecule has 5 nitrogen and oxygen atoms in total. The average molecular weight is 351 g/mol. The van der Waals surface area contributed by atoms with Gasteiger partial charge in [-0.2, -0.15) is 0 Å². The molecule has 0 bridgehead atoms. The lowest BCUT2D eigenvalue weighted by molar-refractivity contribution is -0.117. The molecule has 0 unspecified atom stereocenters. The number of rotatable bonds is 4. The molecule has 1 fully saturated rings. The summed E-state index contributed by atoms with van der Waals surface area (Å²) in [7, 11) is 0. The number of carbonyl (C=O) groups is 2. The monoisotopic (exact) mass is 351 g/mol. The Labute approximate surface area is 149 Å². The molecule has 1 aliphatic rings. The Balaban J connectivity index is 1.50. The number of benzene rings is 2. The minimum Gasteiger partial charge on any atom is -0.326 e. The first-order valence-electron chi connectivity index (χ1n) is 8.18. The largest absolute Gasteiger partial charge is 0.326 e. The minimum atomic E-state index is -0.205. The summed E-state index contributed by atoms with van der Waals surface area (Å²) in [6.45, 7) is 1.96. The molecule has 2 amide bonds. The Hall–Kier alpha value is -2.73. The van der Waals surface area contributed by atoms with Gasteiger partial charge in [0.2, 0.25) is 5.91 Å². The van der Waals surface area contributed by atoms with Gasteiger partial charge in [0.25, 0.3) is 5.91 Å². The summed E-state index contributed by atoms with van der Waals surface area (Å²) in [4.78, 5) is 28.8. The van der Waals surface area contributed by atoms with Crippen molar-refractivity contribution >= 4 is 44.7 Å². The fraction of sp³-hybridized carbons (Fsp3) is 0.211. The number of hydrogen-bond donors (Lipinski definition) is 2. The molecule has 2 aromatic carbocycles. The number of aryl methyl sites for hydroxylation is 1. The van der Waals surface area contributed by atoms with E-state index in [1.54, 1.807) is 35.6 Å². The molecule has 6 heteroatoms. The zero-order chi connectivity index (χ0) is 17.4. The molecule has 2 N–H and O–H groups in total. The van der Waals surface area contributed by atoms with Crippen LogP contribution < -0.4 is 10.6 Å². The molecule has 1 aliphatic carbocycles. The van der Waals surface area contributed by atoms with Crippen molar-refractivity contribution in [1.29, 1.82) is 0 Å². The van der Waals surface area contributed by atoms with Gasteiger partial charge in [-0.1, -0.05) is 6.07 Å². The van der Waals surface area contributed by atoms with Gasteiger partial charge in [-0.25, -0.2) is 4.98 Å². The van der Waals surface area contributed by atoms with Crippen LogP contribution in [0.15, 0.2) is 42.5 Å². The van der Waals surface area contributed by atoms with E-state index in [1.807, 2.05) is 25.1 Å². The Morgan fingerprint density at radius 1 is 1.08 bits per heavy atom. The number of carbonyl (C=O) groups excluding carboxylic acids is 2. The number of aromatic nitrogens is 1. The maximum Gasteiger partial charge on any atom is 0.255 e. The smallest absolute Gasteiger partial charge is 0.255 e. The summed E-state index contributed by atoms with van der Waals surface area (Å²) in [5.41, 5.74) is 2.83. The van der Waals surface area contributed by atoms with Crippen molar-refractivity contribution in [2.75, 3.05) is 10.6 Å². The molecule has 1 heterocycles. The van der Waals surface area contributed by atoms with Crippen molar-refractivity contribution in [2.45, 2.75) is 19.8 Å². The van der Waals surface area contributed by atoms with E-state index < -0.39 is 0 Å². The highest BCUT2D eigenvalue weighted by Crippen LogP contribution is 2.30. The molecule has 126 valence electrons. The van der Waals surface area contributed by atoms with Crippen LogP contribution in [0, 0.1) is 12.8 Å². The van der Waals surface area contributed by atoms with E-state index in [-0.39, 0.29) is 17.7 Å². The second-order valence-electron chi connectivity index (χ2n) is 6.21. The van der Waals surface area contributed by atoms with Gasteiger partial charge in [-0.05, 0) is 56.2 Å². The summed E-state index contributed by atoms with van der Waals surface area (Å²) in [5.74, 6) is -0.0428. The van der Waals surface area contributed by atoms with Gasteiger partial charge in [0.05, 0.1) is 15.2 Å². The first kappa shape index (κ1) is 15.8. The van der Waals surface area contributed by atoms with Crippen molar-refractivity contribution in [3.63, 3.8) is 0 Å². The molecule has 4 rings (SSSR count). The quantitative estimate of drug-likeness (QED) is 0.740. The predicted molar refractivity (Wildman–Crippen MR) is 100 cm³/mol. The summed E-state index contributed by atoms with van der Waals surface area (Å²) >= 11 is 1.60. The second kappa shape index (κ2) is 6.29. The van der Waals surface area contributed by atoms with E-state index >= 15 is 0 Å². The summed E-state index contributed by atoms with van der Waals surface area (Å²) in [6, 6.07) is 12.7. The maximum atomic E-state index is 12.5. The van der Waals surface area contributed by atoms with Crippen LogP contribution in [0.3, 0.4) is 0 Å². The number of hydrogen-bond acceptors (Lipinski definition) is 4. The van der Waals surface area contributed by atoms with E-state index in [9.17, 15) is 9.59 Å². The van der Waals surface area contributed by atoms with Crippen LogP contribution >= 0.6 is 11.3 Å². The Bertz CT molecular complexity index is 976. The molecular formula is C19H17N3O2S. The lowest BCUT2D eigenvalue weighted by Crippen LogP contribution is -2.15. The van der Waals surface area contributed by atoms with Crippen molar-refractivity contribution < 1.29 is 9.59 Å². The Morgan fingerprint density at radius 2 is 1.88 bits per heavy atom. The third kappa shape index (κ3) is 3.53. The van der Waals surface area contributed by atoms with Crippen molar-refractivity contribution in [1.82, 2.24) is 4.98 Å². The average Bonchev–Trinajstić information content (AvgIpc) is 3.37. The van der Waals surface area contributed by atoms with Crippen LogP contribution in [0.5, 0.6) is 0 Å². The molecule has 0 atom stereocenters. The van der Waals surface area contributed by atoms with Gasteiger partial charge >= 0.3 is 0 Å². The molecule has 1 aromatic heterocycles. The summed E-state index contributed by atoms with van der Waals surface area (Å²) in [6.07, 6.45) is 1.90. The van der Waals surface area contributed by atoms with Crippen LogP contribution in [-0.4, -0.2) is 16.8 Å². The number of anilines is 2. The Morgan fingerprint density at radius 3 is 2.68 bits per heavy atom. The molecule has 3 aromatic rings. The number of amides is 2. The summed E-state index contributed by atoms with van der Waals surface area (Å²) in [5, 5.41) is 6.76. The van der Waals surface area contributed by atoms with E-state index in [1.165, 1.54) is 0 Å². The summed E-state index contributed by atoms with van der Waals surface area (Å²) < 4.78 is 1.04. The number of nitrogens with one attached hydrogen (secondary N) is 2. The van der Waals surface area contributed by atoms with Crippen LogP contribution in [0.1, 0.15) is 28.2 Å². The fourth-order valence-electron chi connectivity index (χ4n) is 2.65. The van der Waals surface area contributed by atoms with E-state index in [2.05, 4.69) is 15.6 Å². The van der Waals surface area contributed by atoms with Crippen LogP contribution in [0.2, 0.25) is 0 Å². The highest BCUT2D eigenvalue weighted by molar-refractivity contribution is 7.18. The van der Waals surface area contributed by atoms with Crippen molar-refractivity contribution in [3.8, 4) is 0 Å². The van der Waals surface area contributed by atoms with Crippen LogP contribution in [0.25, 0.3) is 10.2 Å². The lowest BCUT2D eigenvalue weighted by Gasteiger charge is -2.08. The first-order chi connectivity index (χ1) is 12.1. The molecule has 0 saturated heterocycles. The van der Waals surface area contributed by atoms with Gasteiger partial charge < -0.3 is 10.6 Å². The van der Waals surface area contributed by atoms with E-state index in [0.29, 0.717) is 11.3 Å². The molecule has 0 radical (unpaired) electrons. The topological polar surface area (TPSA) is 71.1 Å². The van der Waals surface area contributed by atoms with Crippen LogP contribution in [-0.2, 0) is 4.79 Å². The van der Waals surface area contributed by atoms with Gasteiger partial charge in [-0.3, -0.25) is 9.59 Å². The molecule has 1 saturated carbocycles. The van der Waals surface area contributed by atoms with Crippen molar-refractivity contribution in [3.05, 3.63) is 53.0 Å². The highest BCUT2D eigenvalue weighted by Gasteiger charge is 2.29. The minimum absolute atomic E-state index is 0.0311. The SMILES string of the molecule is Cc1nc2ccc(NC(=O)c3cccc(NC(=O)C4CC4)c3)cc2s1. The highest BCUT2D eigenvalue weighted by atomic mass is 32.1. The molecule has 25 heavy (non-hydrogen) atoms. The standard InChI is InChI=1S/C19H17N3O2S/c1-11-20-16-8-7-15(10-17(16)25-11)22-19(24)13-3-2-4-14(9-13)21-18(23)12-5-6-12/h2-4,7-10,12H,5-6H2,1H3,(H,21,23)(H,22,24). The van der Waals surface area contributed by atoms with Gasteiger partial charge in [0.1, 0.15) is 0 Å². The third-order valence-electron chi connectivity index (χ3n) is 4.09. The molecule has 0 aliphatic heterocycles. The first-order valence-corrected chi connectivity index (χ1v) is 8.99. The Kier molecular flexibility index (Phi) is 3.97. The molecular weight excluding hydrogens is 334 g/mol. The lowest BCUT2D eigenvalue weighted by atomic mass is 10.1. The zero-order valence-electron chi connectivity index (χ0n) is 13.7. The van der Waals surface area contributed by atoms with E-state index in [0.717, 1.165) is 33.8 Å². The number of nitrogens with zero attached hydrogens (tertiary/aromatic N) is 1. The van der Waals surface area contributed by atoms with Crippen molar-refractivity contribution in [2.24, 2.45) is 5.92 Å². The van der Waals surface area contributed by atoms with Gasteiger partial charge in [-0.15, -0.1) is 11.3 Å². The number of fused-ring (bicyclic) bond motifs is 1. The fourth-order valence-corrected chi connectivity index (χ4v) is 3.52. The van der Waals surface area contributed by atoms with Crippen LogP contribution in [0.4, 0.5) is 11.4 Å². The maximum absolute atomic E-state index is 12.5. The molecule has 0 spiro atoms. The predicted octanol–water partition coefficient (Wildman–Crippen LogP) is 4.21. The number of thiazole rings is 1. The zero-order valence-corrected chi connectivity index (χ0v) is 14.5. The third-order valence-corrected chi connectivity index (χ3v) is 5.03. The second-order valence-corrected chi connectivity index (χ2v) is 7.45. The van der Waals surface area contributed by atoms with Gasteiger partial charge in [0.15, 0.2) is 0 Å². The van der Waals surface area contributed by atoms with E-state index in [4.69, 9.17) is 0 Å².